The van der Waals surface area contributed by atoms with E-state index >= 15 is 0 Å². The Bertz CT molecular complexity index is 266. The van der Waals surface area contributed by atoms with Gasteiger partial charge in [0.25, 0.3) is 0 Å². The lowest BCUT2D eigenvalue weighted by Crippen LogP contribution is -2.43. The van der Waals surface area contributed by atoms with Gasteiger partial charge >= 0.3 is 11.9 Å². The standard InChI is InChI=1S/C11H16O4/c1-4-8-6-5-7-11(8,9(12)14-2)10(13)15-3/h4,8H,1,5-7H2,2-3H3/t8-/m0/s1. The molecule has 0 unspecified atom stereocenters. The summed E-state index contributed by atoms with van der Waals surface area (Å²) in [7, 11) is 2.57. The summed E-state index contributed by atoms with van der Waals surface area (Å²) in [6.45, 7) is 3.66. The zero-order valence-electron chi connectivity index (χ0n) is 9.12. The maximum Gasteiger partial charge on any atom is 0.323 e. The molecule has 15 heavy (non-hydrogen) atoms. The third kappa shape index (κ3) is 1.64. The Balaban J connectivity index is 3.10. The summed E-state index contributed by atoms with van der Waals surface area (Å²) in [5.74, 6) is -1.22. The van der Waals surface area contributed by atoms with Crippen LogP contribution in [0.2, 0.25) is 0 Å². The van der Waals surface area contributed by atoms with Crippen LogP contribution in [0.3, 0.4) is 0 Å². The minimum Gasteiger partial charge on any atom is -0.468 e. The summed E-state index contributed by atoms with van der Waals surface area (Å²) in [5, 5.41) is 0. The van der Waals surface area contributed by atoms with E-state index in [4.69, 9.17) is 9.47 Å². The molecule has 0 amide bonds. The lowest BCUT2D eigenvalue weighted by Gasteiger charge is -2.27. The van der Waals surface area contributed by atoms with Gasteiger partial charge in [-0.2, -0.15) is 0 Å². The second-order valence-electron chi connectivity index (χ2n) is 3.69. The van der Waals surface area contributed by atoms with Crippen molar-refractivity contribution in [1.82, 2.24) is 0 Å². The highest BCUT2D eigenvalue weighted by Crippen LogP contribution is 2.45. The topological polar surface area (TPSA) is 52.6 Å². The average molecular weight is 212 g/mol. The lowest BCUT2D eigenvalue weighted by atomic mass is 9.78. The van der Waals surface area contributed by atoms with Crippen molar-refractivity contribution in [2.24, 2.45) is 11.3 Å². The predicted molar refractivity (Wildman–Crippen MR) is 54.0 cm³/mol. The van der Waals surface area contributed by atoms with Crippen LogP contribution in [0, 0.1) is 11.3 Å². The van der Waals surface area contributed by atoms with Gasteiger partial charge in [0.05, 0.1) is 14.2 Å². The lowest BCUT2D eigenvalue weighted by molar-refractivity contribution is -0.170. The molecular weight excluding hydrogens is 196 g/mol. The van der Waals surface area contributed by atoms with Gasteiger partial charge in [0.1, 0.15) is 0 Å². The summed E-state index contributed by atoms with van der Waals surface area (Å²) in [6.07, 6.45) is 3.69. The third-order valence-electron chi connectivity index (χ3n) is 3.10. The molecule has 0 aromatic carbocycles. The molecule has 0 N–H and O–H groups in total. The van der Waals surface area contributed by atoms with E-state index in [0.717, 1.165) is 12.8 Å². The van der Waals surface area contributed by atoms with E-state index < -0.39 is 17.4 Å². The molecule has 1 fully saturated rings. The molecule has 4 heteroatoms. The summed E-state index contributed by atoms with van der Waals surface area (Å²) >= 11 is 0. The Morgan fingerprint density at radius 2 is 1.87 bits per heavy atom. The maximum atomic E-state index is 11.7. The van der Waals surface area contributed by atoms with Crippen LogP contribution in [0.5, 0.6) is 0 Å². The predicted octanol–water partition coefficient (Wildman–Crippen LogP) is 1.30. The molecule has 84 valence electrons. The van der Waals surface area contributed by atoms with Gasteiger partial charge in [0, 0.05) is 5.92 Å². The number of carbonyl (C=O) groups is 2. The number of esters is 2. The Labute approximate surface area is 89.2 Å². The van der Waals surface area contributed by atoms with Crippen LogP contribution in [0.4, 0.5) is 0 Å². The maximum absolute atomic E-state index is 11.7. The van der Waals surface area contributed by atoms with E-state index in [2.05, 4.69) is 6.58 Å². The Morgan fingerprint density at radius 3 is 2.27 bits per heavy atom. The summed E-state index contributed by atoms with van der Waals surface area (Å²) in [6, 6.07) is 0. The molecule has 0 aromatic rings. The molecule has 4 nitrogen and oxygen atoms in total. The van der Waals surface area contributed by atoms with Crippen LogP contribution in [0.15, 0.2) is 12.7 Å². The third-order valence-corrected chi connectivity index (χ3v) is 3.10. The monoisotopic (exact) mass is 212 g/mol. The smallest absolute Gasteiger partial charge is 0.323 e. The van der Waals surface area contributed by atoms with E-state index in [1.807, 2.05) is 0 Å². The number of carbonyl (C=O) groups excluding carboxylic acids is 2. The molecule has 0 heterocycles. The fourth-order valence-corrected chi connectivity index (χ4v) is 2.31. The molecule has 1 aliphatic carbocycles. The quantitative estimate of drug-likeness (QED) is 0.402. The molecule has 0 aliphatic heterocycles. The first-order valence-corrected chi connectivity index (χ1v) is 4.93. The largest absolute Gasteiger partial charge is 0.468 e. The zero-order chi connectivity index (χ0) is 11.5. The number of allylic oxidation sites excluding steroid dienone is 1. The van der Waals surface area contributed by atoms with E-state index in [1.54, 1.807) is 6.08 Å². The van der Waals surface area contributed by atoms with Crippen molar-refractivity contribution < 1.29 is 19.1 Å². The average Bonchev–Trinajstić information content (AvgIpc) is 2.71. The van der Waals surface area contributed by atoms with Crippen molar-refractivity contribution in [3.63, 3.8) is 0 Å². The van der Waals surface area contributed by atoms with Gasteiger partial charge in [-0.3, -0.25) is 9.59 Å². The first kappa shape index (κ1) is 11.8. The molecule has 0 bridgehead atoms. The van der Waals surface area contributed by atoms with Crippen molar-refractivity contribution in [1.29, 1.82) is 0 Å². The van der Waals surface area contributed by atoms with E-state index in [9.17, 15) is 9.59 Å². The van der Waals surface area contributed by atoms with Crippen molar-refractivity contribution in [2.45, 2.75) is 19.3 Å². The number of hydrogen-bond acceptors (Lipinski definition) is 4. The molecule has 1 aliphatic rings. The molecule has 0 saturated heterocycles. The van der Waals surface area contributed by atoms with Gasteiger partial charge in [-0.05, 0) is 12.8 Å². The van der Waals surface area contributed by atoms with Gasteiger partial charge < -0.3 is 9.47 Å². The van der Waals surface area contributed by atoms with Crippen LogP contribution < -0.4 is 0 Å². The van der Waals surface area contributed by atoms with Gasteiger partial charge in [-0.25, -0.2) is 0 Å². The van der Waals surface area contributed by atoms with Gasteiger partial charge in [0.15, 0.2) is 5.41 Å². The Morgan fingerprint density at radius 1 is 1.33 bits per heavy atom. The summed E-state index contributed by atoms with van der Waals surface area (Å²) in [4.78, 5) is 23.5. The molecule has 1 saturated carbocycles. The van der Waals surface area contributed by atoms with E-state index in [0.29, 0.717) is 6.42 Å². The second-order valence-corrected chi connectivity index (χ2v) is 3.69. The Hall–Kier alpha value is -1.32. The highest BCUT2D eigenvalue weighted by Gasteiger charge is 2.55. The first-order valence-electron chi connectivity index (χ1n) is 4.93. The van der Waals surface area contributed by atoms with E-state index in [1.165, 1.54) is 14.2 Å². The van der Waals surface area contributed by atoms with Crippen molar-refractivity contribution in [3.8, 4) is 0 Å². The van der Waals surface area contributed by atoms with Crippen LogP contribution >= 0.6 is 0 Å². The van der Waals surface area contributed by atoms with E-state index in [-0.39, 0.29) is 5.92 Å². The van der Waals surface area contributed by atoms with Crippen LogP contribution in [0.25, 0.3) is 0 Å². The molecule has 0 aromatic heterocycles. The molecule has 0 radical (unpaired) electrons. The fraction of sp³-hybridized carbons (Fsp3) is 0.636. The first-order chi connectivity index (χ1) is 7.13. The van der Waals surface area contributed by atoms with Gasteiger partial charge in [-0.15, -0.1) is 6.58 Å². The van der Waals surface area contributed by atoms with Gasteiger partial charge in [-0.1, -0.05) is 12.5 Å². The normalized spacial score (nSPS) is 23.2. The van der Waals surface area contributed by atoms with Crippen LogP contribution in [0.1, 0.15) is 19.3 Å². The number of methoxy groups -OCH3 is 2. The highest BCUT2D eigenvalue weighted by molar-refractivity contribution is 6.01. The minimum atomic E-state index is -1.16. The summed E-state index contributed by atoms with van der Waals surface area (Å²) < 4.78 is 9.41. The number of ether oxygens (including phenoxy) is 2. The van der Waals surface area contributed by atoms with Crippen LogP contribution in [-0.2, 0) is 19.1 Å². The molecular formula is C11H16O4. The number of rotatable bonds is 3. The summed E-state index contributed by atoms with van der Waals surface area (Å²) in [5.41, 5.74) is -1.16. The highest BCUT2D eigenvalue weighted by atomic mass is 16.5. The molecule has 0 spiro atoms. The van der Waals surface area contributed by atoms with Gasteiger partial charge in [0.2, 0.25) is 0 Å². The molecule has 1 atom stereocenters. The van der Waals surface area contributed by atoms with Crippen LogP contribution in [-0.4, -0.2) is 26.2 Å². The minimum absolute atomic E-state index is 0.183. The Kier molecular flexibility index (Phi) is 3.50. The van der Waals surface area contributed by atoms with Crippen molar-refractivity contribution in [3.05, 3.63) is 12.7 Å². The number of hydrogen-bond donors (Lipinski definition) is 0. The molecule has 1 rings (SSSR count). The second kappa shape index (κ2) is 4.47. The van der Waals surface area contributed by atoms with Crippen molar-refractivity contribution >= 4 is 11.9 Å². The van der Waals surface area contributed by atoms with Crippen molar-refractivity contribution in [2.75, 3.05) is 14.2 Å². The fourth-order valence-electron chi connectivity index (χ4n) is 2.31. The zero-order valence-corrected chi connectivity index (χ0v) is 9.12. The SMILES string of the molecule is C=C[C@H]1CCCC1(C(=O)OC)C(=O)OC.